The summed E-state index contributed by atoms with van der Waals surface area (Å²) in [5.41, 5.74) is -9.46. The Kier molecular flexibility index (Phi) is 15.9. The van der Waals surface area contributed by atoms with Crippen molar-refractivity contribution >= 4 is 53.6 Å². The van der Waals surface area contributed by atoms with Crippen molar-refractivity contribution in [1.29, 1.82) is 0 Å². The normalized spacial score (nSPS) is 20.2. The number of carbonyl (C=O) groups is 9. The molecule has 0 aromatic rings. The molecule has 63 heavy (non-hydrogen) atoms. The number of esters is 7. The summed E-state index contributed by atoms with van der Waals surface area (Å²) in [5.74, 6) is -8.17. The van der Waals surface area contributed by atoms with Gasteiger partial charge < -0.3 is 37.9 Å². The molecule has 3 aliphatic rings. The van der Waals surface area contributed by atoms with Gasteiger partial charge in [-0.25, -0.2) is 0 Å². The fourth-order valence-corrected chi connectivity index (χ4v) is 6.03. The van der Waals surface area contributed by atoms with Gasteiger partial charge in [0.05, 0.1) is 52.2 Å². The summed E-state index contributed by atoms with van der Waals surface area (Å²) in [6.07, 6.45) is 2.40. The molecule has 0 radical (unpaired) electrons. The summed E-state index contributed by atoms with van der Waals surface area (Å²) in [5, 5.41) is 0. The zero-order valence-corrected chi connectivity index (χ0v) is 39.5. The second kappa shape index (κ2) is 19.1. The monoisotopic (exact) mass is 893 g/mol. The third-order valence-electron chi connectivity index (χ3n) is 10.6. The molecule has 4 unspecified atom stereocenters. The summed E-state index contributed by atoms with van der Waals surface area (Å²) in [4.78, 5) is 120. The first-order chi connectivity index (χ1) is 28.6. The molecular weight excluding hydrogens is 826 g/mol. The molecule has 0 N–H and O–H groups in total. The predicted octanol–water partition coefficient (Wildman–Crippen LogP) is 3.93. The lowest BCUT2D eigenvalue weighted by Crippen LogP contribution is -2.47. The first kappa shape index (κ1) is 52.5. The van der Waals surface area contributed by atoms with E-state index < -0.39 is 162 Å². The number of likely N-dealkylation sites (tertiary alicyclic amines) is 1. The number of carbonyl (C=O) groups excluding carboxylic acids is 9. The molecule has 0 aromatic carbocycles. The van der Waals surface area contributed by atoms with E-state index in [0.29, 0.717) is 0 Å². The van der Waals surface area contributed by atoms with Gasteiger partial charge in [0, 0.05) is 0 Å². The lowest BCUT2D eigenvalue weighted by Gasteiger charge is -2.33. The molecule has 3 heterocycles. The molecule has 2 amide bonds. The van der Waals surface area contributed by atoms with E-state index in [9.17, 15) is 43.2 Å². The topological polar surface area (TPSA) is 231 Å². The van der Waals surface area contributed by atoms with Crippen LogP contribution in [0.25, 0.3) is 0 Å². The zero-order chi connectivity index (χ0) is 48.3. The van der Waals surface area contributed by atoms with E-state index >= 15 is 0 Å². The second-order valence-electron chi connectivity index (χ2n) is 21.6. The Balaban J connectivity index is 1.90. The molecule has 2 fully saturated rings. The fourth-order valence-electron chi connectivity index (χ4n) is 6.03. The first-order valence-corrected chi connectivity index (χ1v) is 21.0. The Morgan fingerprint density at radius 2 is 0.667 bits per heavy atom. The minimum absolute atomic E-state index is 0.307. The average Bonchev–Trinajstić information content (AvgIpc) is 3.86. The third kappa shape index (κ3) is 12.9. The van der Waals surface area contributed by atoms with Crippen molar-refractivity contribution in [1.82, 2.24) is 4.90 Å². The molecule has 0 aliphatic carbocycles. The molecule has 3 rings (SSSR count). The van der Waals surface area contributed by atoms with E-state index in [1.165, 1.54) is 20.8 Å². The van der Waals surface area contributed by atoms with E-state index in [2.05, 4.69) is 0 Å². The van der Waals surface area contributed by atoms with E-state index in [1.54, 1.807) is 95.2 Å². The molecule has 18 heteroatoms. The molecule has 0 spiro atoms. The van der Waals surface area contributed by atoms with Crippen LogP contribution in [-0.2, 0) is 81.0 Å². The molecule has 0 aromatic heterocycles. The van der Waals surface area contributed by atoms with Crippen molar-refractivity contribution in [3.8, 4) is 0 Å². The highest BCUT2D eigenvalue weighted by Gasteiger charge is 2.60. The summed E-state index contributed by atoms with van der Waals surface area (Å²) < 4.78 is 44.4. The largest absolute Gasteiger partial charge is 0.464 e. The van der Waals surface area contributed by atoms with Crippen molar-refractivity contribution in [2.75, 3.05) is 52.8 Å². The van der Waals surface area contributed by atoms with Crippen LogP contribution in [0.4, 0.5) is 0 Å². The third-order valence-corrected chi connectivity index (χ3v) is 10.6. The van der Waals surface area contributed by atoms with Crippen molar-refractivity contribution in [3.63, 3.8) is 0 Å². The Morgan fingerprint density at radius 1 is 0.429 bits per heavy atom. The second-order valence-corrected chi connectivity index (χ2v) is 21.6. The highest BCUT2D eigenvalue weighted by atomic mass is 16.6. The number of imide groups is 1. The fraction of sp³-hybridized carbons (Fsp3) is 0.756. The molecule has 2 saturated heterocycles. The van der Waals surface area contributed by atoms with Crippen molar-refractivity contribution in [3.05, 3.63) is 12.2 Å². The van der Waals surface area contributed by atoms with Crippen LogP contribution in [0.3, 0.4) is 0 Å². The molecule has 2 bridgehead atoms. The summed E-state index contributed by atoms with van der Waals surface area (Å²) >= 11 is 0. The van der Waals surface area contributed by atoms with Gasteiger partial charge >= 0.3 is 41.8 Å². The van der Waals surface area contributed by atoms with Gasteiger partial charge in [0.15, 0.2) is 0 Å². The Labute approximate surface area is 369 Å². The van der Waals surface area contributed by atoms with Crippen molar-refractivity contribution in [2.45, 2.75) is 116 Å². The van der Waals surface area contributed by atoms with Gasteiger partial charge in [-0.3, -0.25) is 48.1 Å². The van der Waals surface area contributed by atoms with Crippen LogP contribution < -0.4 is 0 Å². The molecule has 18 nitrogen and oxygen atoms in total. The van der Waals surface area contributed by atoms with E-state index in [1.807, 2.05) is 0 Å². The molecule has 354 valence electrons. The average molecular weight is 894 g/mol. The van der Waals surface area contributed by atoms with Crippen LogP contribution in [0.5, 0.6) is 0 Å². The van der Waals surface area contributed by atoms with Gasteiger partial charge in [0.2, 0.25) is 11.8 Å². The van der Waals surface area contributed by atoms with Crippen LogP contribution in [0, 0.1) is 49.7 Å². The number of hydrogen-bond acceptors (Lipinski definition) is 17. The van der Waals surface area contributed by atoms with Gasteiger partial charge in [-0.05, 0) is 104 Å². The van der Waals surface area contributed by atoms with Gasteiger partial charge in [-0.1, -0.05) is 12.2 Å². The number of rotatable bonds is 18. The van der Waals surface area contributed by atoms with Crippen molar-refractivity contribution in [2.24, 2.45) is 49.7 Å². The standard InChI is InChI=1S/C45H67NO17/c1-39(2,3)32(49)57-20-44(14,21-58-33(50)40(4,5)6)37(54)61-24-43(13,36(53)56-19-18-46-30(47)28-26-16-17-27(63-26)29(28)31(46)48)25-62-38(55)45(15,22-59-34(51)41(7,8)9)23-60-35(52)42(10,11)12/h16-17,26-29H,18-25H2,1-15H3. The molecule has 4 atom stereocenters. The maximum Gasteiger partial charge on any atom is 0.318 e. The number of fused-ring (bicyclic) bond motifs is 5. The van der Waals surface area contributed by atoms with E-state index in [-0.39, 0.29) is 6.54 Å². The molecule has 3 aliphatic heterocycles. The first-order valence-electron chi connectivity index (χ1n) is 21.0. The van der Waals surface area contributed by atoms with Crippen molar-refractivity contribution < 1.29 is 81.0 Å². The summed E-state index contributed by atoms with van der Waals surface area (Å²) in [6.45, 7) is 18.4. The summed E-state index contributed by atoms with van der Waals surface area (Å²) in [7, 11) is 0. The number of ether oxygens (including phenoxy) is 8. The maximum absolute atomic E-state index is 14.0. The Morgan fingerprint density at radius 3 is 0.921 bits per heavy atom. The smallest absolute Gasteiger partial charge is 0.318 e. The van der Waals surface area contributed by atoms with Gasteiger partial charge in [0.1, 0.15) is 62.5 Å². The van der Waals surface area contributed by atoms with Crippen LogP contribution in [0.15, 0.2) is 12.2 Å². The van der Waals surface area contributed by atoms with Crippen LogP contribution in [-0.4, -0.2) is 124 Å². The van der Waals surface area contributed by atoms with Crippen LogP contribution >= 0.6 is 0 Å². The quantitative estimate of drug-likeness (QED) is 0.0821. The molecule has 0 saturated carbocycles. The lowest BCUT2D eigenvalue weighted by atomic mass is 9.85. The van der Waals surface area contributed by atoms with E-state index in [4.69, 9.17) is 37.9 Å². The minimum Gasteiger partial charge on any atom is -0.464 e. The number of hydrogen-bond donors (Lipinski definition) is 0. The van der Waals surface area contributed by atoms with Crippen LogP contribution in [0.2, 0.25) is 0 Å². The number of amides is 2. The number of nitrogens with zero attached hydrogens (tertiary/aromatic N) is 1. The SMILES string of the molecule is CC(C)(C)C(=O)OCC(C)(COC(=O)C(C)(C)C)C(=O)OCC(C)(COC(=O)C(C)(COC(=O)C(C)(C)C)COC(=O)C(C)(C)C)C(=O)OCCN1C(=O)C2C3C=CC(O3)C2C1=O. The highest BCUT2D eigenvalue weighted by molar-refractivity contribution is 6.06. The Hall–Kier alpha value is -4.87. The van der Waals surface area contributed by atoms with Gasteiger partial charge in [-0.15, -0.1) is 0 Å². The molecular formula is C45H67NO17. The summed E-state index contributed by atoms with van der Waals surface area (Å²) in [6, 6.07) is 0. The van der Waals surface area contributed by atoms with E-state index in [0.717, 1.165) is 4.90 Å². The minimum atomic E-state index is -2.01. The Bertz CT molecular complexity index is 1660. The zero-order valence-electron chi connectivity index (χ0n) is 39.5. The van der Waals surface area contributed by atoms with Gasteiger partial charge in [0.25, 0.3) is 0 Å². The van der Waals surface area contributed by atoms with Gasteiger partial charge in [-0.2, -0.15) is 0 Å². The lowest BCUT2D eigenvalue weighted by molar-refractivity contribution is -0.184. The van der Waals surface area contributed by atoms with Crippen LogP contribution in [0.1, 0.15) is 104 Å². The highest BCUT2D eigenvalue weighted by Crippen LogP contribution is 2.45. The maximum atomic E-state index is 14.0. The predicted molar refractivity (Wildman–Crippen MR) is 220 cm³/mol.